The second kappa shape index (κ2) is 12.3. The number of benzene rings is 2. The van der Waals surface area contributed by atoms with Crippen LogP contribution in [0, 0.1) is 0 Å². The molecule has 0 saturated carbocycles. The van der Waals surface area contributed by atoms with E-state index in [0.29, 0.717) is 11.2 Å². The predicted molar refractivity (Wildman–Crippen MR) is 145 cm³/mol. The third kappa shape index (κ3) is 7.37. The Kier molecular flexibility index (Phi) is 9.42. The summed E-state index contributed by atoms with van der Waals surface area (Å²) in [7, 11) is 1.39. The first-order valence-electron chi connectivity index (χ1n) is 10.3. The Bertz CT molecular complexity index is 1230. The van der Waals surface area contributed by atoms with Gasteiger partial charge in [-0.05, 0) is 36.0 Å². The lowest BCUT2D eigenvalue weighted by Crippen LogP contribution is -2.59. The number of aromatic nitrogens is 1. The normalized spacial score (nSPS) is 12.3. The maximum Gasteiger partial charge on any atom is 0.259 e. The van der Waals surface area contributed by atoms with Gasteiger partial charge in [-0.25, -0.2) is 0 Å². The molecule has 3 rings (SSSR count). The van der Waals surface area contributed by atoms with Gasteiger partial charge in [-0.2, -0.15) is 0 Å². The third-order valence-corrected chi connectivity index (χ3v) is 5.64. The zero-order valence-electron chi connectivity index (χ0n) is 18.5. The summed E-state index contributed by atoms with van der Waals surface area (Å²) in [5.74, 6) is -1.02. The van der Waals surface area contributed by atoms with Crippen LogP contribution in [0.15, 0.2) is 72.9 Å². The van der Waals surface area contributed by atoms with Gasteiger partial charge in [0.2, 0.25) is 9.70 Å². The molecule has 0 spiro atoms. The van der Waals surface area contributed by atoms with Crippen LogP contribution in [0.25, 0.3) is 17.0 Å². The molecular formula is C24H21Cl3N4O3S. The number of thiocarbonyl (C=S) groups is 1. The highest BCUT2D eigenvalue weighted by Crippen LogP contribution is 2.30. The molecule has 0 bridgehead atoms. The Morgan fingerprint density at radius 1 is 1.09 bits per heavy atom. The van der Waals surface area contributed by atoms with Crippen LogP contribution in [0.3, 0.4) is 0 Å². The molecule has 1 heterocycles. The summed E-state index contributed by atoms with van der Waals surface area (Å²) in [6.45, 7) is -0.268. The molecule has 2 amide bonds. The minimum atomic E-state index is -2.01. The lowest BCUT2D eigenvalue weighted by atomic mass is 10.2. The average Bonchev–Trinajstić information content (AvgIpc) is 2.83. The molecule has 3 aromatic rings. The third-order valence-electron chi connectivity index (χ3n) is 4.68. The molecule has 11 heteroatoms. The van der Waals surface area contributed by atoms with Gasteiger partial charge < -0.3 is 15.4 Å². The number of anilines is 1. The van der Waals surface area contributed by atoms with Crippen LogP contribution in [-0.4, -0.2) is 45.6 Å². The van der Waals surface area contributed by atoms with E-state index in [2.05, 4.69) is 15.6 Å². The van der Waals surface area contributed by atoms with Crippen molar-refractivity contribution >= 4 is 86.6 Å². The molecule has 0 aliphatic carbocycles. The number of hydrogen-bond donors (Lipinski definition) is 2. The number of ether oxygens (including phenoxy) is 1. The number of amides is 2. The SMILES string of the molecule is COCC(=O)N(C(=S)NC(NC(=O)/C=C/c1ccccc1)C(Cl)(Cl)Cl)c1cccc2cccnc12. The largest absolute Gasteiger partial charge is 0.375 e. The molecule has 182 valence electrons. The Balaban J connectivity index is 1.87. The van der Waals surface area contributed by atoms with E-state index in [4.69, 9.17) is 51.8 Å². The number of pyridine rings is 1. The number of methoxy groups -OCH3 is 1. The Labute approximate surface area is 223 Å². The number of fused-ring (bicyclic) bond motifs is 1. The molecule has 1 unspecified atom stereocenters. The van der Waals surface area contributed by atoms with E-state index in [0.717, 1.165) is 10.9 Å². The van der Waals surface area contributed by atoms with Gasteiger partial charge in [0.1, 0.15) is 12.8 Å². The number of carbonyl (C=O) groups is 2. The number of hydrogen-bond acceptors (Lipinski definition) is 5. The molecule has 35 heavy (non-hydrogen) atoms. The van der Waals surface area contributed by atoms with Crippen LogP contribution >= 0.6 is 47.0 Å². The molecule has 0 aliphatic heterocycles. The van der Waals surface area contributed by atoms with Crippen molar-refractivity contribution < 1.29 is 14.3 Å². The number of alkyl halides is 3. The molecule has 7 nitrogen and oxygen atoms in total. The highest BCUT2D eigenvalue weighted by Gasteiger charge is 2.36. The van der Waals surface area contributed by atoms with Crippen molar-refractivity contribution in [2.24, 2.45) is 0 Å². The summed E-state index contributed by atoms with van der Waals surface area (Å²) < 4.78 is 3.02. The van der Waals surface area contributed by atoms with E-state index in [1.807, 2.05) is 42.5 Å². The van der Waals surface area contributed by atoms with E-state index in [-0.39, 0.29) is 11.7 Å². The monoisotopic (exact) mass is 550 g/mol. The average molecular weight is 552 g/mol. The van der Waals surface area contributed by atoms with Gasteiger partial charge in [0, 0.05) is 24.8 Å². The minimum Gasteiger partial charge on any atom is -0.375 e. The summed E-state index contributed by atoms with van der Waals surface area (Å²) in [6.07, 6.45) is 3.24. The lowest BCUT2D eigenvalue weighted by molar-refractivity contribution is -0.121. The van der Waals surface area contributed by atoms with Crippen molar-refractivity contribution in [2.45, 2.75) is 9.96 Å². The predicted octanol–water partition coefficient (Wildman–Crippen LogP) is 4.61. The smallest absolute Gasteiger partial charge is 0.259 e. The van der Waals surface area contributed by atoms with Crippen LogP contribution < -0.4 is 15.5 Å². The van der Waals surface area contributed by atoms with Crippen LogP contribution in [0.4, 0.5) is 5.69 Å². The molecule has 0 saturated heterocycles. The first-order valence-corrected chi connectivity index (χ1v) is 11.8. The molecule has 0 aliphatic rings. The maximum absolute atomic E-state index is 13.0. The molecule has 0 fully saturated rings. The standard InChI is InChI=1S/C24H21Cl3N4O3S/c1-34-15-20(33)31(18-11-5-9-17-10-6-14-28-21(17)18)23(35)30-22(24(25,26)27)29-19(32)13-12-16-7-3-2-4-8-16/h2-14,22H,15H2,1H3,(H,29,32)(H,30,35)/b13-12+. The number of halogens is 3. The van der Waals surface area contributed by atoms with Crippen molar-refractivity contribution in [3.63, 3.8) is 0 Å². The number of nitrogens with one attached hydrogen (secondary N) is 2. The highest BCUT2D eigenvalue weighted by atomic mass is 35.6. The molecular weight excluding hydrogens is 531 g/mol. The summed E-state index contributed by atoms with van der Waals surface area (Å²) >= 11 is 23.9. The van der Waals surface area contributed by atoms with Crippen LogP contribution in [0.1, 0.15) is 5.56 Å². The zero-order valence-corrected chi connectivity index (χ0v) is 21.5. The van der Waals surface area contributed by atoms with Crippen molar-refractivity contribution in [1.29, 1.82) is 0 Å². The van der Waals surface area contributed by atoms with E-state index in [1.54, 1.807) is 30.5 Å². The van der Waals surface area contributed by atoms with Gasteiger partial charge in [-0.3, -0.25) is 19.5 Å². The zero-order chi connectivity index (χ0) is 25.4. The highest BCUT2D eigenvalue weighted by molar-refractivity contribution is 7.80. The van der Waals surface area contributed by atoms with Gasteiger partial charge in [0.05, 0.1) is 11.2 Å². The van der Waals surface area contributed by atoms with Gasteiger partial charge in [-0.1, -0.05) is 83.3 Å². The van der Waals surface area contributed by atoms with Crippen molar-refractivity contribution in [2.75, 3.05) is 18.6 Å². The second-order valence-corrected chi connectivity index (χ2v) is 9.95. The number of nitrogens with zero attached hydrogens (tertiary/aromatic N) is 2. The number of rotatable bonds is 7. The Morgan fingerprint density at radius 3 is 2.49 bits per heavy atom. The van der Waals surface area contributed by atoms with Crippen LogP contribution in [0.2, 0.25) is 0 Å². The van der Waals surface area contributed by atoms with E-state index in [9.17, 15) is 9.59 Å². The topological polar surface area (TPSA) is 83.6 Å². The van der Waals surface area contributed by atoms with E-state index < -0.39 is 21.8 Å². The van der Waals surface area contributed by atoms with Gasteiger partial charge in [0.25, 0.3) is 5.91 Å². The lowest BCUT2D eigenvalue weighted by Gasteiger charge is -2.31. The fourth-order valence-corrected chi connectivity index (χ4v) is 3.77. The van der Waals surface area contributed by atoms with Crippen LogP contribution in [0.5, 0.6) is 0 Å². The Morgan fingerprint density at radius 2 is 1.80 bits per heavy atom. The first kappa shape index (κ1) is 26.8. The fourth-order valence-electron chi connectivity index (χ4n) is 3.13. The minimum absolute atomic E-state index is 0.117. The van der Waals surface area contributed by atoms with E-state index >= 15 is 0 Å². The number of para-hydroxylation sites is 1. The first-order chi connectivity index (χ1) is 16.7. The molecule has 0 radical (unpaired) electrons. The molecule has 2 N–H and O–H groups in total. The van der Waals surface area contributed by atoms with Crippen molar-refractivity contribution in [1.82, 2.24) is 15.6 Å². The molecule has 1 aromatic heterocycles. The maximum atomic E-state index is 13.0. The fraction of sp³-hybridized carbons (Fsp3) is 0.167. The Hall–Kier alpha value is -2.75. The molecule has 1 atom stereocenters. The van der Waals surface area contributed by atoms with Gasteiger partial charge in [-0.15, -0.1) is 0 Å². The van der Waals surface area contributed by atoms with Gasteiger partial charge >= 0.3 is 0 Å². The summed E-state index contributed by atoms with van der Waals surface area (Å²) in [5.41, 5.74) is 1.75. The summed E-state index contributed by atoms with van der Waals surface area (Å²) in [5, 5.41) is 6.02. The van der Waals surface area contributed by atoms with E-state index in [1.165, 1.54) is 18.1 Å². The van der Waals surface area contributed by atoms with Crippen LogP contribution in [-0.2, 0) is 14.3 Å². The van der Waals surface area contributed by atoms with Crippen molar-refractivity contribution in [3.05, 3.63) is 78.5 Å². The number of carbonyl (C=O) groups excluding carboxylic acids is 2. The summed E-state index contributed by atoms with van der Waals surface area (Å²) in [6, 6.07) is 18.1. The molecule has 2 aromatic carbocycles. The van der Waals surface area contributed by atoms with Gasteiger partial charge in [0.15, 0.2) is 5.11 Å². The second-order valence-electron chi connectivity index (χ2n) is 7.19. The quantitative estimate of drug-likeness (QED) is 0.193. The summed E-state index contributed by atoms with van der Waals surface area (Å²) in [4.78, 5) is 31.1. The van der Waals surface area contributed by atoms with Crippen molar-refractivity contribution in [3.8, 4) is 0 Å².